The van der Waals surface area contributed by atoms with E-state index in [9.17, 15) is 8.42 Å². The maximum Gasteiger partial charge on any atom is 0.265 e. The van der Waals surface area contributed by atoms with Crippen LogP contribution in [-0.2, 0) is 10.0 Å². The summed E-state index contributed by atoms with van der Waals surface area (Å²) < 4.78 is 36.4. The summed E-state index contributed by atoms with van der Waals surface area (Å²) in [5.41, 5.74) is 2.95. The van der Waals surface area contributed by atoms with Crippen LogP contribution in [0.3, 0.4) is 0 Å². The first-order valence-electron chi connectivity index (χ1n) is 9.23. The Kier molecular flexibility index (Phi) is 5.48. The molecule has 0 saturated heterocycles. The first kappa shape index (κ1) is 20.4. The van der Waals surface area contributed by atoms with Crippen LogP contribution in [0, 0.1) is 6.92 Å². The summed E-state index contributed by atoms with van der Waals surface area (Å²) in [6.45, 7) is 4.09. The third kappa shape index (κ3) is 4.17. The number of nitrogens with zero attached hydrogens (tertiary/aromatic N) is 3. The van der Waals surface area contributed by atoms with Gasteiger partial charge in [0.25, 0.3) is 10.0 Å². The molecule has 2 aromatic heterocycles. The fraction of sp³-hybridized carbons (Fsp3) is 0.143. The van der Waals surface area contributed by atoms with Crippen LogP contribution in [0.15, 0.2) is 70.3 Å². The summed E-state index contributed by atoms with van der Waals surface area (Å²) in [6, 6.07) is 13.8. The van der Waals surface area contributed by atoms with Crippen LogP contribution in [0.2, 0.25) is 0 Å². The Balaban J connectivity index is 1.60. The molecule has 1 N–H and O–H groups in total. The van der Waals surface area contributed by atoms with Crippen LogP contribution < -0.4 is 9.46 Å². The maximum atomic E-state index is 12.9. The largest absolute Gasteiger partial charge is 0.492 e. The van der Waals surface area contributed by atoms with Gasteiger partial charge >= 0.3 is 0 Å². The minimum Gasteiger partial charge on any atom is -0.492 e. The number of ether oxygens (including phenoxy) is 1. The van der Waals surface area contributed by atoms with Crippen molar-refractivity contribution in [2.24, 2.45) is 0 Å². The molecule has 0 fully saturated rings. The molecular formula is C21H19BrN4O3S. The van der Waals surface area contributed by atoms with Gasteiger partial charge in [-0.05, 0) is 50.2 Å². The van der Waals surface area contributed by atoms with E-state index in [1.165, 1.54) is 6.07 Å². The van der Waals surface area contributed by atoms with Gasteiger partial charge in [0.15, 0.2) is 0 Å². The topological polar surface area (TPSA) is 85.6 Å². The fourth-order valence-electron chi connectivity index (χ4n) is 2.98. The van der Waals surface area contributed by atoms with E-state index in [1.807, 2.05) is 41.9 Å². The second-order valence-corrected chi connectivity index (χ2v) is 9.18. The van der Waals surface area contributed by atoms with Crippen molar-refractivity contribution in [3.05, 3.63) is 71.1 Å². The number of aryl methyl sites for hydroxylation is 1. The number of anilines is 1. The summed E-state index contributed by atoms with van der Waals surface area (Å²) in [5.74, 6) is 0.921. The molecule has 0 amide bonds. The Hall–Kier alpha value is -2.91. The number of imidazole rings is 1. The first-order valence-corrected chi connectivity index (χ1v) is 11.5. The molecule has 0 atom stereocenters. The highest BCUT2D eigenvalue weighted by Crippen LogP contribution is 2.30. The van der Waals surface area contributed by atoms with Crippen LogP contribution >= 0.6 is 15.9 Å². The SMILES string of the molecule is CCOc1ccc(Br)cc1S(=O)(=O)Nc1ccc(-c2cn3ccc(C)nc3n2)cc1. The Labute approximate surface area is 182 Å². The summed E-state index contributed by atoms with van der Waals surface area (Å²) in [7, 11) is -3.83. The molecule has 2 heterocycles. The van der Waals surface area contributed by atoms with E-state index in [2.05, 4.69) is 30.6 Å². The highest BCUT2D eigenvalue weighted by molar-refractivity contribution is 9.10. The van der Waals surface area contributed by atoms with Crippen LogP contribution in [0.5, 0.6) is 5.75 Å². The standard InChI is InChI=1S/C21H19BrN4O3S/c1-3-29-19-9-6-16(22)12-20(19)30(27,28)25-17-7-4-15(5-8-17)18-13-26-11-10-14(2)23-21(26)24-18/h4-13,25H,3H2,1-2H3. The number of hydrogen-bond donors (Lipinski definition) is 1. The van der Waals surface area contributed by atoms with Gasteiger partial charge in [0.1, 0.15) is 10.6 Å². The van der Waals surface area contributed by atoms with Gasteiger partial charge in [-0.25, -0.2) is 18.4 Å². The molecule has 0 spiro atoms. The highest BCUT2D eigenvalue weighted by atomic mass is 79.9. The second kappa shape index (κ2) is 8.08. The zero-order valence-electron chi connectivity index (χ0n) is 16.3. The van der Waals surface area contributed by atoms with E-state index in [4.69, 9.17) is 4.74 Å². The summed E-state index contributed by atoms with van der Waals surface area (Å²) >= 11 is 3.32. The van der Waals surface area contributed by atoms with Crippen LogP contribution in [-0.4, -0.2) is 29.4 Å². The molecule has 0 unspecified atom stereocenters. The van der Waals surface area contributed by atoms with E-state index in [-0.39, 0.29) is 4.90 Å². The molecule has 2 aromatic carbocycles. The Morgan fingerprint density at radius 1 is 1.10 bits per heavy atom. The van der Waals surface area contributed by atoms with E-state index in [0.717, 1.165) is 17.0 Å². The van der Waals surface area contributed by atoms with Crippen molar-refractivity contribution in [2.75, 3.05) is 11.3 Å². The van der Waals surface area contributed by atoms with Crippen molar-refractivity contribution in [1.29, 1.82) is 0 Å². The fourth-order valence-corrected chi connectivity index (χ4v) is 4.73. The Morgan fingerprint density at radius 3 is 2.60 bits per heavy atom. The number of fused-ring (bicyclic) bond motifs is 1. The second-order valence-electron chi connectivity index (χ2n) is 6.61. The molecule has 0 aliphatic heterocycles. The van der Waals surface area contributed by atoms with Gasteiger partial charge in [-0.2, -0.15) is 0 Å². The third-order valence-electron chi connectivity index (χ3n) is 4.39. The minimum atomic E-state index is -3.83. The van der Waals surface area contributed by atoms with Crippen molar-refractivity contribution >= 4 is 37.4 Å². The van der Waals surface area contributed by atoms with Crippen molar-refractivity contribution in [2.45, 2.75) is 18.7 Å². The van der Waals surface area contributed by atoms with E-state index in [0.29, 0.717) is 28.3 Å². The van der Waals surface area contributed by atoms with E-state index in [1.54, 1.807) is 31.2 Å². The molecule has 0 radical (unpaired) electrons. The minimum absolute atomic E-state index is 0.0737. The number of nitrogens with one attached hydrogen (secondary N) is 1. The molecule has 0 aliphatic rings. The quantitative estimate of drug-likeness (QED) is 0.428. The first-order chi connectivity index (χ1) is 14.4. The molecule has 4 aromatic rings. The van der Waals surface area contributed by atoms with Gasteiger partial charge in [0.2, 0.25) is 5.78 Å². The predicted molar refractivity (Wildman–Crippen MR) is 119 cm³/mol. The Bertz CT molecular complexity index is 1320. The van der Waals surface area contributed by atoms with Crippen LogP contribution in [0.25, 0.3) is 17.0 Å². The van der Waals surface area contributed by atoms with Gasteiger partial charge in [-0.1, -0.05) is 28.1 Å². The van der Waals surface area contributed by atoms with Gasteiger partial charge in [0, 0.05) is 33.8 Å². The molecule has 154 valence electrons. The van der Waals surface area contributed by atoms with Gasteiger partial charge in [-0.15, -0.1) is 0 Å². The van der Waals surface area contributed by atoms with Crippen molar-refractivity contribution in [3.8, 4) is 17.0 Å². The molecule has 4 rings (SSSR count). The molecule has 9 heteroatoms. The Morgan fingerprint density at radius 2 is 1.87 bits per heavy atom. The van der Waals surface area contributed by atoms with E-state index < -0.39 is 10.0 Å². The van der Waals surface area contributed by atoms with E-state index >= 15 is 0 Å². The number of rotatable bonds is 6. The van der Waals surface area contributed by atoms with Gasteiger partial charge in [0.05, 0.1) is 12.3 Å². The highest BCUT2D eigenvalue weighted by Gasteiger charge is 2.20. The normalized spacial score (nSPS) is 11.6. The van der Waals surface area contributed by atoms with Crippen LogP contribution in [0.4, 0.5) is 5.69 Å². The summed E-state index contributed by atoms with van der Waals surface area (Å²) in [5, 5.41) is 0. The lowest BCUT2D eigenvalue weighted by Crippen LogP contribution is -2.14. The lowest BCUT2D eigenvalue weighted by Gasteiger charge is -2.13. The van der Waals surface area contributed by atoms with Gasteiger partial charge < -0.3 is 4.74 Å². The molecular weight excluding hydrogens is 468 g/mol. The van der Waals surface area contributed by atoms with Crippen molar-refractivity contribution < 1.29 is 13.2 Å². The average Bonchev–Trinajstić information content (AvgIpc) is 3.13. The van der Waals surface area contributed by atoms with Gasteiger partial charge in [-0.3, -0.25) is 9.12 Å². The van der Waals surface area contributed by atoms with Crippen molar-refractivity contribution in [3.63, 3.8) is 0 Å². The monoisotopic (exact) mass is 486 g/mol. The third-order valence-corrected chi connectivity index (χ3v) is 6.29. The number of aromatic nitrogens is 3. The number of sulfonamides is 1. The zero-order chi connectivity index (χ0) is 21.3. The molecule has 30 heavy (non-hydrogen) atoms. The van der Waals surface area contributed by atoms with Crippen LogP contribution in [0.1, 0.15) is 12.6 Å². The smallest absolute Gasteiger partial charge is 0.265 e. The lowest BCUT2D eigenvalue weighted by molar-refractivity contribution is 0.331. The summed E-state index contributed by atoms with van der Waals surface area (Å²) in [4.78, 5) is 9.00. The molecule has 0 saturated carbocycles. The van der Waals surface area contributed by atoms with Crippen molar-refractivity contribution in [1.82, 2.24) is 14.4 Å². The number of halogens is 1. The number of benzene rings is 2. The maximum absolute atomic E-state index is 12.9. The molecule has 7 nitrogen and oxygen atoms in total. The summed E-state index contributed by atoms with van der Waals surface area (Å²) in [6.07, 6.45) is 3.79. The zero-order valence-corrected chi connectivity index (χ0v) is 18.7. The predicted octanol–water partition coefficient (Wildman–Crippen LogP) is 4.67. The lowest BCUT2D eigenvalue weighted by atomic mass is 10.1. The average molecular weight is 487 g/mol. The molecule has 0 bridgehead atoms. The number of hydrogen-bond acceptors (Lipinski definition) is 5. The molecule has 0 aliphatic carbocycles.